The number of nitrogens with zero attached hydrogens (tertiary/aromatic N) is 11. The van der Waals surface area contributed by atoms with Crippen molar-refractivity contribution in [3.63, 3.8) is 0 Å². The average molecular weight is 1970 g/mol. The van der Waals surface area contributed by atoms with E-state index in [4.69, 9.17) is 51.4 Å². The van der Waals surface area contributed by atoms with Crippen LogP contribution in [0, 0.1) is 23.2 Å². The number of amides is 3. The van der Waals surface area contributed by atoms with E-state index in [0.29, 0.717) is 59.9 Å². The van der Waals surface area contributed by atoms with Gasteiger partial charge in [0.2, 0.25) is 23.6 Å². The maximum absolute atomic E-state index is 12.9. The lowest BCUT2D eigenvalue weighted by atomic mass is 10.1. The SMILES string of the molecule is C.C.C=C1NC(=O)C(C)=CN1[C@H]1C[C@@H](O[P@@]2O[C@H](C[Si](C)(c3ccccc3)c3ccccc3)[C@@H]3CCCN32)[C@@H](CC)O1.CC[C@H]1O[C@@H](n2ccc(NC(=O)C(C)C)nc2=O)C[C@H]1O[P@]1O[C@@H](C[Si](C)(c2ccccc2)c2ccccc2)[C@H]2CCCN21.CC[C@H]1O[C@@H](n2cnc3c(OCCC#N)nc(NC(=O)C(C)C)nc32)C[C@H]1O[P@]1O[C@@H](C[Si](C)(c2ccccc2)c2ccccc2)[C@H]2CCCN21. The summed E-state index contributed by atoms with van der Waals surface area (Å²) in [6.45, 7) is 29.9. The van der Waals surface area contributed by atoms with E-state index in [-0.39, 0.29) is 136 Å². The molecule has 3 amide bonds. The molecule has 9 fully saturated rings. The molecule has 19 rings (SSSR count). The van der Waals surface area contributed by atoms with Crippen LogP contribution < -0.4 is 57.5 Å². The Morgan fingerprint density at radius 3 is 1.27 bits per heavy atom. The van der Waals surface area contributed by atoms with Gasteiger partial charge in [-0.25, -0.2) is 23.8 Å². The molecule has 0 saturated carbocycles. The minimum atomic E-state index is -2.13. The molecule has 137 heavy (non-hydrogen) atoms. The fourth-order valence-electron chi connectivity index (χ4n) is 20.8. The molecule has 9 saturated heterocycles. The average Bonchev–Trinajstić information content (AvgIpc) is 1.63. The van der Waals surface area contributed by atoms with Gasteiger partial charge in [0.25, 0.3) is 31.5 Å². The van der Waals surface area contributed by atoms with Crippen LogP contribution in [0.3, 0.4) is 0 Å². The van der Waals surface area contributed by atoms with Gasteiger partial charge in [0, 0.05) is 86.8 Å². The molecule has 0 bridgehead atoms. The first-order valence-corrected chi connectivity index (χ1v) is 59.9. The minimum Gasteiger partial charge on any atom is -0.475 e. The number of imidazole rings is 1. The number of carbonyl (C=O) groups excluding carboxylic acids is 3. The highest BCUT2D eigenvalue weighted by Gasteiger charge is 2.57. The van der Waals surface area contributed by atoms with Crippen molar-refractivity contribution in [2.75, 3.05) is 36.9 Å². The van der Waals surface area contributed by atoms with E-state index in [0.717, 1.165) is 89.1 Å². The zero-order valence-corrected chi connectivity index (χ0v) is 85.0. The van der Waals surface area contributed by atoms with Crippen LogP contribution in [0.1, 0.15) is 166 Å². The molecule has 0 spiro atoms. The number of anilines is 2. The van der Waals surface area contributed by atoms with Gasteiger partial charge < -0.3 is 61.6 Å². The topological polar surface area (TPSA) is 295 Å². The standard InChI is InChI=1S/C37H46N7O5PSi.C33H43N4O5PSi.C31H40N3O4PSi.2CH4/c1-5-29-30(22-32(47-29)43-24-39-33-34(43)40-37(41-35(45)25(2)3)42-36(33)46-21-13-19-38)48-50-44-20-12-18-28(44)31(49-50)23-51(4,26-14-8-6-9-15-26)27-16-10-7-11-17-27;1-5-27-28(21-31(40-27)36-20-18-30(35-33(36)39)34-32(38)23(2)3)41-43-37-19-12-17-26(37)29(42-43)22-44(4,24-13-8-6-9-14-24)25-15-10-7-11-16-25;1-5-27-28(19-30(36-27)33-20-22(2)31(35)32-23(33)3)37-39-34-18-12-17-26(34)29(38-39)21-40(4,24-13-8-6-9-14-24)25-15-10-7-11-16-25;;/h6-11,14-17,24-25,28-32H,5,12-13,18,20-23H2,1-4H3,(H,40,41,42,45);6-11,13-16,18,20,23,26-29,31H,5,12,17,19,21-22H2,1-4H3,(H,34,35,38,39);6-11,13-16,20,26-30H,3,5,12,17-19,21H2,1-2,4H3,(H,32,35);2*1H4/t28-,29-,30-,31+,32-,50-;26-,27-,28-,29+,31-,43-;26-,27+,28+,29+,30+,39-;;/m110../s1. The lowest BCUT2D eigenvalue weighted by Crippen LogP contribution is -2.58. The molecule has 3 aromatic heterocycles. The Morgan fingerprint density at radius 1 is 0.526 bits per heavy atom. The number of carbonyl (C=O) groups is 3. The summed E-state index contributed by atoms with van der Waals surface area (Å²) in [6.07, 6.45) is 14.7. The van der Waals surface area contributed by atoms with E-state index in [9.17, 15) is 19.2 Å². The normalized spacial score (nSPS) is 27.0. The maximum Gasteiger partial charge on any atom is 0.351 e. The Labute approximate surface area is 814 Å². The molecule has 6 aromatic carbocycles. The van der Waals surface area contributed by atoms with Gasteiger partial charge in [-0.05, 0) is 88.9 Å². The molecule has 0 aliphatic carbocycles. The number of benzene rings is 6. The molecule has 0 unspecified atom stereocenters. The zero-order valence-electron chi connectivity index (χ0n) is 79.3. The van der Waals surface area contributed by atoms with E-state index < -0.39 is 67.9 Å². The van der Waals surface area contributed by atoms with Crippen molar-refractivity contribution >= 4 is 122 Å². The monoisotopic (exact) mass is 1970 g/mol. The molecular weight excluding hydrogens is 1830 g/mol. The van der Waals surface area contributed by atoms with Crippen LogP contribution in [0.5, 0.6) is 5.88 Å². The Balaban J connectivity index is 0.000000156. The number of nitriles is 1. The minimum absolute atomic E-state index is 0. The third kappa shape index (κ3) is 22.6. The number of fused-ring (bicyclic) bond motifs is 4. The summed E-state index contributed by atoms with van der Waals surface area (Å²) in [6, 6.07) is 73.7. The summed E-state index contributed by atoms with van der Waals surface area (Å²) in [4.78, 5) is 69.3. The fourth-order valence-corrected chi connectivity index (χ4v) is 38.7. The van der Waals surface area contributed by atoms with E-state index in [2.05, 4.69) is 285 Å². The molecule has 3 N–H and O–H groups in total. The molecule has 730 valence electrons. The highest BCUT2D eigenvalue weighted by molar-refractivity contribution is 7.45. The van der Waals surface area contributed by atoms with Gasteiger partial charge in [-0.1, -0.05) is 303 Å². The molecular formula is C103H137N14O14P3Si3. The van der Waals surface area contributed by atoms with Crippen molar-refractivity contribution in [2.45, 2.75) is 283 Å². The maximum atomic E-state index is 12.9. The number of hydrogen-bond donors (Lipinski definition) is 3. The van der Waals surface area contributed by atoms with Gasteiger partial charge in [-0.15, -0.1) is 0 Å². The second-order valence-corrected chi connectivity index (χ2v) is 55.1. The van der Waals surface area contributed by atoms with Gasteiger partial charge in [-0.3, -0.25) is 28.8 Å². The first-order chi connectivity index (χ1) is 65.4. The van der Waals surface area contributed by atoms with E-state index in [1.54, 1.807) is 53.2 Å². The number of aromatic nitrogens is 6. The molecule has 13 heterocycles. The van der Waals surface area contributed by atoms with Crippen molar-refractivity contribution in [1.29, 1.82) is 5.26 Å². The lowest BCUT2D eigenvalue weighted by molar-refractivity contribution is -0.119. The number of hydrogen-bond acceptors (Lipinski definition) is 23. The molecule has 10 aliphatic heterocycles. The zero-order chi connectivity index (χ0) is 94.2. The molecule has 18 atom stereocenters. The Morgan fingerprint density at radius 2 is 0.898 bits per heavy atom. The summed E-state index contributed by atoms with van der Waals surface area (Å²) in [5, 5.41) is 25.9. The van der Waals surface area contributed by atoms with E-state index in [1.807, 2.05) is 15.7 Å². The van der Waals surface area contributed by atoms with Gasteiger partial charge in [-0.2, -0.15) is 20.2 Å². The Bertz CT molecular complexity index is 5580. The third-order valence-corrected chi connectivity index (χ3v) is 47.3. The van der Waals surface area contributed by atoms with Crippen LogP contribution in [0.25, 0.3) is 11.2 Å². The first-order valence-electron chi connectivity index (χ1n) is 48.3. The molecule has 34 heteroatoms. The Kier molecular flexibility index (Phi) is 34.3. The quantitative estimate of drug-likeness (QED) is 0.0207. The van der Waals surface area contributed by atoms with Crippen molar-refractivity contribution < 1.29 is 60.5 Å². The summed E-state index contributed by atoms with van der Waals surface area (Å²) in [5.41, 5.74) is 1.10. The van der Waals surface area contributed by atoms with Gasteiger partial charge in [0.1, 0.15) is 61.2 Å². The van der Waals surface area contributed by atoms with Crippen molar-refractivity contribution in [3.8, 4) is 11.9 Å². The predicted octanol–water partition coefficient (Wildman–Crippen LogP) is 16.6. The summed E-state index contributed by atoms with van der Waals surface area (Å²) in [5.74, 6) is 0.137. The van der Waals surface area contributed by atoms with Crippen LogP contribution in [-0.4, -0.2) is 195 Å². The second kappa shape index (κ2) is 45.8. The van der Waals surface area contributed by atoms with E-state index in [1.165, 1.54) is 42.1 Å². The van der Waals surface area contributed by atoms with Gasteiger partial charge in [0.15, 0.2) is 11.2 Å². The largest absolute Gasteiger partial charge is 0.475 e. The summed E-state index contributed by atoms with van der Waals surface area (Å²) in [7, 11) is -9.98. The number of nitrogens with one attached hydrogen (secondary N) is 3. The summed E-state index contributed by atoms with van der Waals surface area (Å²) >= 11 is 0. The highest BCUT2D eigenvalue weighted by Crippen LogP contribution is 2.62. The molecule has 9 aromatic rings. The second-order valence-electron chi connectivity index (χ2n) is 38.2. The Hall–Kier alpha value is -8.81. The van der Waals surface area contributed by atoms with Crippen LogP contribution >= 0.6 is 25.6 Å². The van der Waals surface area contributed by atoms with Crippen LogP contribution in [-0.2, 0) is 55.7 Å². The lowest BCUT2D eigenvalue weighted by Gasteiger charge is -2.32. The fraction of sp³-hybridized carbons (Fsp3) is 0.485. The predicted molar refractivity (Wildman–Crippen MR) is 549 cm³/mol. The van der Waals surface area contributed by atoms with Crippen LogP contribution in [0.4, 0.5) is 11.8 Å². The molecule has 28 nitrogen and oxygen atoms in total. The third-order valence-electron chi connectivity index (χ3n) is 28.5. The van der Waals surface area contributed by atoms with Crippen molar-refractivity contribution in [1.82, 2.24) is 53.3 Å². The van der Waals surface area contributed by atoms with Crippen molar-refractivity contribution in [2.24, 2.45) is 11.8 Å². The first kappa shape index (κ1) is 103. The van der Waals surface area contributed by atoms with Crippen molar-refractivity contribution in [3.05, 3.63) is 235 Å². The van der Waals surface area contributed by atoms with Gasteiger partial charge >= 0.3 is 5.69 Å². The van der Waals surface area contributed by atoms with Crippen LogP contribution in [0.2, 0.25) is 37.8 Å². The van der Waals surface area contributed by atoms with E-state index >= 15 is 0 Å². The smallest absolute Gasteiger partial charge is 0.351 e. The molecule has 10 aliphatic rings. The number of ether oxygens (including phenoxy) is 4. The highest BCUT2D eigenvalue weighted by atomic mass is 31.2. The van der Waals surface area contributed by atoms with Gasteiger partial charge in [0.05, 0.1) is 73.8 Å². The number of rotatable bonds is 31. The van der Waals surface area contributed by atoms with Crippen LogP contribution in [0.15, 0.2) is 230 Å². The molecule has 0 radical (unpaired) electrons. The summed E-state index contributed by atoms with van der Waals surface area (Å²) < 4.78 is 77.5.